The highest BCUT2D eigenvalue weighted by Crippen LogP contribution is 2.30. The lowest BCUT2D eigenvalue weighted by molar-refractivity contribution is -0.0514. The Morgan fingerprint density at radius 2 is 2.08 bits per heavy atom. The third-order valence-electron chi connectivity index (χ3n) is 3.55. The van der Waals surface area contributed by atoms with Gasteiger partial charge in [-0.3, -0.25) is 9.48 Å². The molecule has 26 heavy (non-hydrogen) atoms. The van der Waals surface area contributed by atoms with Crippen LogP contribution in [0.2, 0.25) is 5.02 Å². The van der Waals surface area contributed by atoms with Gasteiger partial charge in [-0.15, -0.1) is 0 Å². The van der Waals surface area contributed by atoms with Crippen LogP contribution in [0, 0.1) is 0 Å². The molecule has 0 N–H and O–H groups in total. The molecule has 1 aromatic carbocycles. The van der Waals surface area contributed by atoms with Crippen LogP contribution in [0.4, 0.5) is 8.78 Å². The highest BCUT2D eigenvalue weighted by atomic mass is 35.5. The summed E-state index contributed by atoms with van der Waals surface area (Å²) in [5.74, 6) is -0.359. The Morgan fingerprint density at radius 1 is 1.35 bits per heavy atom. The molecule has 0 atom stereocenters. The highest BCUT2D eigenvalue weighted by Gasteiger charge is 2.19. The molecule has 9 heteroatoms. The lowest BCUT2D eigenvalue weighted by Gasteiger charge is -2.18. The van der Waals surface area contributed by atoms with Crippen LogP contribution in [0.3, 0.4) is 0 Å². The lowest BCUT2D eigenvalue weighted by Crippen LogP contribution is -2.26. The average Bonchev–Trinajstić information content (AvgIpc) is 2.95. The molecule has 0 fully saturated rings. The molecule has 0 aliphatic carbocycles. The number of nitrogens with zero attached hydrogens (tertiary/aromatic N) is 3. The Bertz CT molecular complexity index is 768. The molecule has 2 rings (SSSR count). The van der Waals surface area contributed by atoms with Gasteiger partial charge in [-0.05, 0) is 32.0 Å². The maximum absolute atomic E-state index is 12.6. The zero-order valence-electron chi connectivity index (χ0n) is 14.7. The Balaban J connectivity index is 2.19. The topological polar surface area (TPSA) is 56.6 Å². The summed E-state index contributed by atoms with van der Waals surface area (Å²) < 4.78 is 36.3. The van der Waals surface area contributed by atoms with Crippen LogP contribution in [-0.4, -0.2) is 40.9 Å². The van der Waals surface area contributed by atoms with Crippen molar-refractivity contribution in [2.75, 3.05) is 13.7 Å². The van der Waals surface area contributed by atoms with Crippen LogP contribution in [0.5, 0.6) is 11.5 Å². The van der Waals surface area contributed by atoms with Gasteiger partial charge >= 0.3 is 6.61 Å². The monoisotopic (exact) mass is 387 g/mol. The van der Waals surface area contributed by atoms with Crippen molar-refractivity contribution >= 4 is 17.5 Å². The number of hydrogen-bond acceptors (Lipinski definition) is 4. The second-order valence-electron chi connectivity index (χ2n) is 5.41. The first-order valence-corrected chi connectivity index (χ1v) is 8.42. The largest absolute Gasteiger partial charge is 0.490 e. The SMILES string of the molecule is CCOc1cc(C(=O)N(C)Cc2nn(CC)cc2Cl)ccc1OC(F)F. The predicted molar refractivity (Wildman–Crippen MR) is 93.0 cm³/mol. The number of ether oxygens (including phenoxy) is 2. The van der Waals surface area contributed by atoms with E-state index in [-0.39, 0.29) is 36.1 Å². The Labute approximate surface area is 155 Å². The van der Waals surface area contributed by atoms with Crippen LogP contribution < -0.4 is 9.47 Å². The van der Waals surface area contributed by atoms with Crippen molar-refractivity contribution in [1.82, 2.24) is 14.7 Å². The second-order valence-corrected chi connectivity index (χ2v) is 5.82. The number of halogens is 3. The first-order valence-electron chi connectivity index (χ1n) is 8.04. The highest BCUT2D eigenvalue weighted by molar-refractivity contribution is 6.31. The maximum Gasteiger partial charge on any atom is 0.387 e. The van der Waals surface area contributed by atoms with Crippen molar-refractivity contribution in [3.63, 3.8) is 0 Å². The Morgan fingerprint density at radius 3 is 2.65 bits per heavy atom. The van der Waals surface area contributed by atoms with E-state index >= 15 is 0 Å². The molecule has 1 heterocycles. The normalized spacial score (nSPS) is 10.9. The van der Waals surface area contributed by atoms with Crippen LogP contribution in [0.1, 0.15) is 29.9 Å². The van der Waals surface area contributed by atoms with Gasteiger partial charge in [0.1, 0.15) is 5.69 Å². The summed E-state index contributed by atoms with van der Waals surface area (Å²) in [6.45, 7) is 1.79. The van der Waals surface area contributed by atoms with Crippen LogP contribution in [-0.2, 0) is 13.1 Å². The molecule has 1 amide bonds. The van der Waals surface area contributed by atoms with Crippen molar-refractivity contribution in [2.24, 2.45) is 0 Å². The molecule has 2 aromatic rings. The minimum absolute atomic E-state index is 0.0837. The zero-order valence-corrected chi connectivity index (χ0v) is 15.5. The third kappa shape index (κ3) is 4.85. The molecule has 0 aliphatic rings. The molecule has 1 aromatic heterocycles. The van der Waals surface area contributed by atoms with Crippen LogP contribution >= 0.6 is 11.6 Å². The summed E-state index contributed by atoms with van der Waals surface area (Å²) >= 11 is 6.13. The third-order valence-corrected chi connectivity index (χ3v) is 3.87. The van der Waals surface area contributed by atoms with E-state index in [0.29, 0.717) is 17.3 Å². The second kappa shape index (κ2) is 8.84. The van der Waals surface area contributed by atoms with Gasteiger partial charge < -0.3 is 14.4 Å². The van der Waals surface area contributed by atoms with E-state index in [1.807, 2.05) is 6.92 Å². The Kier molecular flexibility index (Phi) is 6.79. The molecule has 142 valence electrons. The van der Waals surface area contributed by atoms with Crippen LogP contribution in [0.15, 0.2) is 24.4 Å². The van der Waals surface area contributed by atoms with E-state index in [1.165, 1.54) is 23.1 Å². The number of rotatable bonds is 8. The number of alkyl halides is 2. The van der Waals surface area contributed by atoms with Gasteiger partial charge in [0.2, 0.25) is 0 Å². The summed E-state index contributed by atoms with van der Waals surface area (Å²) in [4.78, 5) is 14.1. The molecule has 6 nitrogen and oxygen atoms in total. The number of carbonyl (C=O) groups excluding carboxylic acids is 1. The van der Waals surface area contributed by atoms with Crippen molar-refractivity contribution < 1.29 is 23.0 Å². The zero-order chi connectivity index (χ0) is 19.3. The van der Waals surface area contributed by atoms with Gasteiger partial charge in [0.15, 0.2) is 11.5 Å². The first kappa shape index (κ1) is 20.0. The van der Waals surface area contributed by atoms with Gasteiger partial charge in [0.05, 0.1) is 18.2 Å². The molecule has 0 saturated heterocycles. The summed E-state index contributed by atoms with van der Waals surface area (Å²) in [5, 5.41) is 4.78. The lowest BCUT2D eigenvalue weighted by atomic mass is 10.1. The average molecular weight is 388 g/mol. The van der Waals surface area contributed by atoms with E-state index < -0.39 is 6.61 Å². The van der Waals surface area contributed by atoms with Crippen molar-refractivity contribution in [3.8, 4) is 11.5 Å². The van der Waals surface area contributed by atoms with Gasteiger partial charge in [-0.1, -0.05) is 11.6 Å². The quantitative estimate of drug-likeness (QED) is 0.690. The molecular weight excluding hydrogens is 368 g/mol. The fraction of sp³-hybridized carbons (Fsp3) is 0.412. The maximum atomic E-state index is 12.6. The van der Waals surface area contributed by atoms with Crippen molar-refractivity contribution in [2.45, 2.75) is 33.5 Å². The molecule has 0 unspecified atom stereocenters. The fourth-order valence-electron chi connectivity index (χ4n) is 2.33. The first-order chi connectivity index (χ1) is 12.3. The van der Waals surface area contributed by atoms with Gasteiger partial charge in [0.25, 0.3) is 5.91 Å². The molecule has 0 spiro atoms. The van der Waals surface area contributed by atoms with E-state index in [4.69, 9.17) is 16.3 Å². The molecular formula is C17H20ClF2N3O3. The number of amides is 1. The van der Waals surface area contributed by atoms with Crippen molar-refractivity contribution in [3.05, 3.63) is 40.7 Å². The number of carbonyl (C=O) groups is 1. The Hall–Kier alpha value is -2.35. The standard InChI is InChI=1S/C17H20ClF2N3O3/c1-4-23-9-12(18)13(21-23)10-22(3)16(24)11-6-7-14(26-17(19)20)15(8-11)25-5-2/h6-9,17H,4-5,10H2,1-3H3. The number of aromatic nitrogens is 2. The number of aryl methyl sites for hydroxylation is 1. The fourth-order valence-corrected chi connectivity index (χ4v) is 2.54. The summed E-state index contributed by atoms with van der Waals surface area (Å²) in [7, 11) is 1.60. The molecule has 0 saturated carbocycles. The minimum atomic E-state index is -2.98. The van der Waals surface area contributed by atoms with Crippen molar-refractivity contribution in [1.29, 1.82) is 0 Å². The summed E-state index contributed by atoms with van der Waals surface area (Å²) in [6.07, 6.45) is 1.69. The van der Waals surface area contributed by atoms with Gasteiger partial charge in [0, 0.05) is 25.4 Å². The van der Waals surface area contributed by atoms with Gasteiger partial charge in [-0.25, -0.2) is 0 Å². The predicted octanol–water partition coefficient (Wildman–Crippen LogP) is 3.83. The number of benzene rings is 1. The minimum Gasteiger partial charge on any atom is -0.490 e. The smallest absolute Gasteiger partial charge is 0.387 e. The molecule has 0 bridgehead atoms. The molecule has 0 radical (unpaired) electrons. The van der Waals surface area contributed by atoms with Crippen LogP contribution in [0.25, 0.3) is 0 Å². The van der Waals surface area contributed by atoms with Gasteiger partial charge in [-0.2, -0.15) is 13.9 Å². The van der Waals surface area contributed by atoms with E-state index in [1.54, 1.807) is 24.9 Å². The van der Waals surface area contributed by atoms with E-state index in [9.17, 15) is 13.6 Å². The molecule has 0 aliphatic heterocycles. The summed E-state index contributed by atoms with van der Waals surface area (Å²) in [6, 6.07) is 4.08. The van der Waals surface area contributed by atoms with E-state index in [2.05, 4.69) is 9.84 Å². The number of hydrogen-bond donors (Lipinski definition) is 0. The van der Waals surface area contributed by atoms with E-state index in [0.717, 1.165) is 0 Å². The summed E-state index contributed by atoms with van der Waals surface area (Å²) in [5.41, 5.74) is 0.857.